The number of hydrogen-bond donors (Lipinski definition) is 0. The Morgan fingerprint density at radius 2 is 1.00 bits per heavy atom. The summed E-state index contributed by atoms with van der Waals surface area (Å²) in [6, 6.07) is 0. The molecule has 0 spiro atoms. The number of carbonyl (C=O) groups excluding carboxylic acids is 1. The zero-order valence-corrected chi connectivity index (χ0v) is 20.3. The molecule has 0 aromatic carbocycles. The van der Waals surface area contributed by atoms with Crippen LogP contribution in [-0.4, -0.2) is 5.78 Å². The number of Topliss-reactive ketones (excluding diaryl/α,β-unsaturated/α-hetero) is 1. The van der Waals surface area contributed by atoms with E-state index in [4.69, 9.17) is 0 Å². The third kappa shape index (κ3) is 6.33. The molecule has 0 aliphatic heterocycles. The second kappa shape index (κ2) is 10.6. The zero-order valence-electron chi connectivity index (χ0n) is 20.3. The lowest BCUT2D eigenvalue weighted by Gasteiger charge is -2.41. The van der Waals surface area contributed by atoms with Gasteiger partial charge in [-0.1, -0.05) is 68.2 Å². The molecule has 164 valence electrons. The quantitative estimate of drug-likeness (QED) is 0.410. The summed E-state index contributed by atoms with van der Waals surface area (Å²) >= 11 is 0. The van der Waals surface area contributed by atoms with Crippen molar-refractivity contribution in [2.45, 2.75) is 107 Å². The monoisotopic (exact) mass is 390 g/mol. The van der Waals surface area contributed by atoms with Crippen molar-refractivity contribution >= 4 is 5.78 Å². The van der Waals surface area contributed by atoms with E-state index in [0.29, 0.717) is 17.6 Å². The van der Waals surface area contributed by atoms with Gasteiger partial charge in [0.05, 0.1) is 0 Å². The fraction of sp³-hybridized carbons (Fsp3) is 0.963. The first-order chi connectivity index (χ1) is 13.1. The molecule has 1 heteroatoms. The average Bonchev–Trinajstić information content (AvgIpc) is 2.60. The number of rotatable bonds is 8. The molecule has 2 aliphatic carbocycles. The molecular weight excluding hydrogens is 340 g/mol. The predicted octanol–water partition coefficient (Wildman–Crippen LogP) is 8.02. The zero-order chi connectivity index (χ0) is 21.0. The highest BCUT2D eigenvalue weighted by molar-refractivity contribution is 5.78. The number of ketones is 1. The van der Waals surface area contributed by atoms with Crippen LogP contribution >= 0.6 is 0 Å². The van der Waals surface area contributed by atoms with E-state index in [9.17, 15) is 4.79 Å². The molecule has 2 fully saturated rings. The summed E-state index contributed by atoms with van der Waals surface area (Å²) in [6.45, 7) is 19.1. The lowest BCUT2D eigenvalue weighted by molar-refractivity contribution is -0.122. The summed E-state index contributed by atoms with van der Waals surface area (Å²) in [4.78, 5) is 13.1. The molecule has 0 N–H and O–H groups in total. The van der Waals surface area contributed by atoms with E-state index in [1.54, 1.807) is 0 Å². The van der Waals surface area contributed by atoms with Crippen LogP contribution in [0.2, 0.25) is 0 Å². The van der Waals surface area contributed by atoms with Gasteiger partial charge in [0.25, 0.3) is 0 Å². The van der Waals surface area contributed by atoms with E-state index in [-0.39, 0.29) is 0 Å². The first kappa shape index (κ1) is 23.9. The topological polar surface area (TPSA) is 17.1 Å². The van der Waals surface area contributed by atoms with Gasteiger partial charge in [-0.25, -0.2) is 0 Å². The second-order valence-electron chi connectivity index (χ2n) is 11.9. The van der Waals surface area contributed by atoms with Crippen molar-refractivity contribution < 1.29 is 4.79 Å². The van der Waals surface area contributed by atoms with Crippen LogP contribution in [0.15, 0.2) is 0 Å². The minimum Gasteiger partial charge on any atom is -0.300 e. The molecule has 0 aromatic heterocycles. The van der Waals surface area contributed by atoms with Crippen LogP contribution in [0.4, 0.5) is 0 Å². The van der Waals surface area contributed by atoms with Crippen molar-refractivity contribution in [2.75, 3.05) is 0 Å². The Morgan fingerprint density at radius 3 is 1.32 bits per heavy atom. The van der Waals surface area contributed by atoms with Crippen molar-refractivity contribution in [1.82, 2.24) is 0 Å². The molecule has 1 nitrogen and oxygen atoms in total. The highest BCUT2D eigenvalue weighted by Crippen LogP contribution is 2.44. The van der Waals surface area contributed by atoms with Gasteiger partial charge in [0.15, 0.2) is 0 Å². The molecular formula is C27H50O. The van der Waals surface area contributed by atoms with Crippen molar-refractivity contribution in [1.29, 1.82) is 0 Å². The van der Waals surface area contributed by atoms with Crippen LogP contribution in [0.3, 0.4) is 0 Å². The minimum atomic E-state index is 0.543. The summed E-state index contributed by atoms with van der Waals surface area (Å²) in [6.07, 6.45) is 9.81. The Morgan fingerprint density at radius 1 is 0.643 bits per heavy atom. The lowest BCUT2D eigenvalue weighted by Crippen LogP contribution is -2.34. The molecule has 0 amide bonds. The molecule has 0 bridgehead atoms. The van der Waals surface area contributed by atoms with Crippen LogP contribution in [-0.2, 0) is 4.79 Å². The van der Waals surface area contributed by atoms with Gasteiger partial charge in [0.1, 0.15) is 5.78 Å². The second-order valence-corrected chi connectivity index (χ2v) is 11.9. The third-order valence-electron chi connectivity index (χ3n) is 8.71. The fourth-order valence-electron chi connectivity index (χ4n) is 6.96. The average molecular weight is 391 g/mol. The largest absolute Gasteiger partial charge is 0.300 e. The van der Waals surface area contributed by atoms with E-state index in [1.165, 1.54) is 38.5 Å². The molecule has 0 saturated heterocycles. The maximum Gasteiger partial charge on any atom is 0.133 e. The van der Waals surface area contributed by atoms with Crippen LogP contribution in [0.25, 0.3) is 0 Å². The molecule has 0 radical (unpaired) electrons. The molecule has 2 saturated carbocycles. The highest BCUT2D eigenvalue weighted by atomic mass is 16.1. The van der Waals surface area contributed by atoms with Gasteiger partial charge in [0.2, 0.25) is 0 Å². The van der Waals surface area contributed by atoms with Gasteiger partial charge in [-0.2, -0.15) is 0 Å². The Balaban J connectivity index is 1.94. The van der Waals surface area contributed by atoms with E-state index in [0.717, 1.165) is 60.2 Å². The molecule has 8 atom stereocenters. The van der Waals surface area contributed by atoms with Gasteiger partial charge < -0.3 is 0 Å². The molecule has 2 rings (SSSR count). The molecule has 28 heavy (non-hydrogen) atoms. The normalized spacial score (nSPS) is 36.5. The SMILES string of the molecule is CC1CCC(C(C)C)C(C(C)CC(=O)CC(C)C2CC(C)CCC2C(C)C)C1. The van der Waals surface area contributed by atoms with Gasteiger partial charge in [-0.15, -0.1) is 0 Å². The number of hydrogen-bond acceptors (Lipinski definition) is 1. The standard InChI is InChI=1S/C27H50O/c1-17(2)24-11-9-19(5)13-26(24)21(7)15-23(28)16-22(8)27-14-20(6)10-12-25(27)18(3)4/h17-22,24-27H,9-16H2,1-8H3. The summed E-state index contributed by atoms with van der Waals surface area (Å²) in [7, 11) is 0. The summed E-state index contributed by atoms with van der Waals surface area (Å²) in [5, 5.41) is 0. The number of carbonyl (C=O) groups is 1. The van der Waals surface area contributed by atoms with Gasteiger partial charge in [0, 0.05) is 12.8 Å². The third-order valence-corrected chi connectivity index (χ3v) is 8.71. The van der Waals surface area contributed by atoms with Crippen LogP contribution in [0.5, 0.6) is 0 Å². The molecule has 0 heterocycles. The predicted molar refractivity (Wildman–Crippen MR) is 122 cm³/mol. The fourth-order valence-corrected chi connectivity index (χ4v) is 6.96. The first-order valence-electron chi connectivity index (χ1n) is 12.6. The van der Waals surface area contributed by atoms with Gasteiger partial charge in [-0.3, -0.25) is 4.79 Å². The minimum absolute atomic E-state index is 0.543. The molecule has 0 aromatic rings. The maximum atomic E-state index is 13.1. The summed E-state index contributed by atoms with van der Waals surface area (Å²) in [5.41, 5.74) is 0. The maximum absolute atomic E-state index is 13.1. The van der Waals surface area contributed by atoms with E-state index in [2.05, 4.69) is 55.4 Å². The summed E-state index contributed by atoms with van der Waals surface area (Å²) < 4.78 is 0. The first-order valence-corrected chi connectivity index (χ1v) is 12.6. The Labute approximate surface area is 176 Å². The van der Waals surface area contributed by atoms with Crippen molar-refractivity contribution in [3.8, 4) is 0 Å². The molecule has 2 aliphatic rings. The Bertz CT molecular complexity index is 437. The smallest absolute Gasteiger partial charge is 0.133 e. The Kier molecular flexibility index (Phi) is 9.09. The van der Waals surface area contributed by atoms with Crippen molar-refractivity contribution in [3.63, 3.8) is 0 Å². The van der Waals surface area contributed by atoms with Crippen molar-refractivity contribution in [2.24, 2.45) is 59.2 Å². The van der Waals surface area contributed by atoms with Gasteiger partial charge >= 0.3 is 0 Å². The highest BCUT2D eigenvalue weighted by Gasteiger charge is 2.37. The van der Waals surface area contributed by atoms with Crippen LogP contribution in [0.1, 0.15) is 107 Å². The van der Waals surface area contributed by atoms with Crippen LogP contribution in [0, 0.1) is 59.2 Å². The van der Waals surface area contributed by atoms with Crippen LogP contribution < -0.4 is 0 Å². The summed E-state index contributed by atoms with van der Waals surface area (Å²) in [5.74, 6) is 7.99. The van der Waals surface area contributed by atoms with Crippen molar-refractivity contribution in [3.05, 3.63) is 0 Å². The Hall–Kier alpha value is -0.330. The van der Waals surface area contributed by atoms with E-state index in [1.807, 2.05) is 0 Å². The van der Waals surface area contributed by atoms with E-state index < -0.39 is 0 Å². The lowest BCUT2D eigenvalue weighted by atomic mass is 9.63. The van der Waals surface area contributed by atoms with E-state index >= 15 is 0 Å². The molecule has 8 unspecified atom stereocenters. The van der Waals surface area contributed by atoms with Gasteiger partial charge in [-0.05, 0) is 84.9 Å².